The molecule has 0 unspecified atom stereocenters. The Morgan fingerprint density at radius 3 is 2.78 bits per heavy atom. The summed E-state index contributed by atoms with van der Waals surface area (Å²) in [5.41, 5.74) is 5.54. The highest BCUT2D eigenvalue weighted by molar-refractivity contribution is 5.93. The van der Waals surface area contributed by atoms with Crippen molar-refractivity contribution in [1.29, 1.82) is 0 Å². The first-order chi connectivity index (χ1) is 10.8. The topological polar surface area (TPSA) is 110 Å². The van der Waals surface area contributed by atoms with Crippen LogP contribution in [-0.2, 0) is 16.1 Å². The van der Waals surface area contributed by atoms with Crippen molar-refractivity contribution >= 4 is 17.5 Å². The lowest BCUT2D eigenvalue weighted by Gasteiger charge is -2.22. The molecule has 0 aromatic carbocycles. The molecule has 8 heteroatoms. The first-order valence-corrected chi connectivity index (χ1v) is 6.99. The molecule has 1 aromatic rings. The highest BCUT2D eigenvalue weighted by Crippen LogP contribution is 1.96. The third-order valence-electron chi connectivity index (χ3n) is 2.94. The third kappa shape index (κ3) is 6.16. The SMILES string of the molecule is C=CC(=O)CN(CCNC(=C)C)C(=O)Cn1ccc(N)nc1=O. The second kappa shape index (κ2) is 8.52. The highest BCUT2D eigenvalue weighted by Gasteiger charge is 2.16. The first kappa shape index (κ1) is 18.1. The number of hydrogen-bond donors (Lipinski definition) is 2. The van der Waals surface area contributed by atoms with Crippen molar-refractivity contribution in [2.75, 3.05) is 25.4 Å². The lowest BCUT2D eigenvalue weighted by atomic mass is 10.3. The summed E-state index contributed by atoms with van der Waals surface area (Å²) in [5, 5.41) is 2.98. The number of allylic oxidation sites excluding steroid dienone is 1. The normalized spacial score (nSPS) is 9.96. The van der Waals surface area contributed by atoms with Gasteiger partial charge in [0.15, 0.2) is 5.78 Å². The molecule has 1 amide bonds. The van der Waals surface area contributed by atoms with Gasteiger partial charge in [-0.25, -0.2) is 4.79 Å². The molecule has 0 atom stereocenters. The van der Waals surface area contributed by atoms with Crippen LogP contribution in [-0.4, -0.2) is 45.8 Å². The van der Waals surface area contributed by atoms with E-state index >= 15 is 0 Å². The number of nitrogens with one attached hydrogen (secondary N) is 1. The average molecular weight is 319 g/mol. The van der Waals surface area contributed by atoms with Gasteiger partial charge >= 0.3 is 5.69 Å². The second-order valence-corrected chi connectivity index (χ2v) is 4.96. The fourth-order valence-electron chi connectivity index (χ4n) is 1.76. The van der Waals surface area contributed by atoms with Gasteiger partial charge in [-0.05, 0) is 19.1 Å². The smallest absolute Gasteiger partial charge is 0.349 e. The number of nitrogen functional groups attached to an aromatic ring is 1. The predicted octanol–water partition coefficient (Wildman–Crippen LogP) is -0.468. The largest absolute Gasteiger partial charge is 0.387 e. The zero-order valence-electron chi connectivity index (χ0n) is 13.1. The molecule has 0 spiro atoms. The minimum Gasteiger partial charge on any atom is -0.387 e. The maximum Gasteiger partial charge on any atom is 0.349 e. The van der Waals surface area contributed by atoms with E-state index in [0.29, 0.717) is 13.1 Å². The number of rotatable bonds is 9. The van der Waals surface area contributed by atoms with Crippen LogP contribution in [0.15, 0.2) is 42.0 Å². The molecule has 0 aliphatic carbocycles. The zero-order valence-corrected chi connectivity index (χ0v) is 13.1. The Labute approximate surface area is 134 Å². The molecule has 124 valence electrons. The van der Waals surface area contributed by atoms with E-state index in [1.54, 1.807) is 6.92 Å². The fraction of sp³-hybridized carbons (Fsp3) is 0.333. The van der Waals surface area contributed by atoms with Crippen molar-refractivity contribution in [3.8, 4) is 0 Å². The summed E-state index contributed by atoms with van der Waals surface area (Å²) in [4.78, 5) is 40.5. The van der Waals surface area contributed by atoms with E-state index < -0.39 is 5.69 Å². The molecule has 1 aromatic heterocycles. The third-order valence-corrected chi connectivity index (χ3v) is 2.94. The molecule has 23 heavy (non-hydrogen) atoms. The zero-order chi connectivity index (χ0) is 17.4. The van der Waals surface area contributed by atoms with Crippen molar-refractivity contribution in [3.63, 3.8) is 0 Å². The Balaban J connectivity index is 2.80. The van der Waals surface area contributed by atoms with Crippen LogP contribution in [0.3, 0.4) is 0 Å². The molecule has 0 radical (unpaired) electrons. The minimum atomic E-state index is -0.617. The van der Waals surface area contributed by atoms with Gasteiger partial charge in [0, 0.05) is 25.0 Å². The number of carbonyl (C=O) groups is 2. The average Bonchev–Trinajstić information content (AvgIpc) is 2.48. The summed E-state index contributed by atoms with van der Waals surface area (Å²) in [6.45, 7) is 9.30. The summed E-state index contributed by atoms with van der Waals surface area (Å²) in [6, 6.07) is 1.43. The van der Waals surface area contributed by atoms with E-state index in [9.17, 15) is 14.4 Å². The molecule has 0 saturated heterocycles. The van der Waals surface area contributed by atoms with Crippen LogP contribution in [0.5, 0.6) is 0 Å². The van der Waals surface area contributed by atoms with Gasteiger partial charge in [-0.1, -0.05) is 13.2 Å². The van der Waals surface area contributed by atoms with Gasteiger partial charge in [0.2, 0.25) is 5.91 Å². The number of hydrogen-bond acceptors (Lipinski definition) is 6. The Morgan fingerprint density at radius 2 is 2.22 bits per heavy atom. The number of ketones is 1. The van der Waals surface area contributed by atoms with Gasteiger partial charge < -0.3 is 16.0 Å². The molecule has 1 heterocycles. The van der Waals surface area contributed by atoms with E-state index in [0.717, 1.165) is 16.3 Å². The lowest BCUT2D eigenvalue weighted by Crippen LogP contribution is -2.42. The van der Waals surface area contributed by atoms with Crippen molar-refractivity contribution < 1.29 is 9.59 Å². The van der Waals surface area contributed by atoms with Gasteiger partial charge in [0.1, 0.15) is 12.4 Å². The Morgan fingerprint density at radius 1 is 1.52 bits per heavy atom. The fourth-order valence-corrected chi connectivity index (χ4v) is 1.76. The molecule has 8 nitrogen and oxygen atoms in total. The van der Waals surface area contributed by atoms with E-state index in [2.05, 4.69) is 23.5 Å². The van der Waals surface area contributed by atoms with Gasteiger partial charge in [-0.15, -0.1) is 0 Å². The monoisotopic (exact) mass is 319 g/mol. The molecular formula is C15H21N5O3. The quantitative estimate of drug-likeness (QED) is 0.596. The van der Waals surface area contributed by atoms with E-state index in [4.69, 9.17) is 5.73 Å². The first-order valence-electron chi connectivity index (χ1n) is 6.99. The van der Waals surface area contributed by atoms with Gasteiger partial charge in [-0.2, -0.15) is 4.98 Å². The molecule has 0 fully saturated rings. The number of anilines is 1. The van der Waals surface area contributed by atoms with Crippen LogP contribution >= 0.6 is 0 Å². The van der Waals surface area contributed by atoms with Crippen molar-refractivity contribution in [2.45, 2.75) is 13.5 Å². The molecular weight excluding hydrogens is 298 g/mol. The standard InChI is InChI=1S/C15H21N5O3/c1-4-12(21)9-19(8-6-17-11(2)3)14(22)10-20-7-5-13(16)18-15(20)23/h4-5,7,17H,1-2,6,8-10H2,3H3,(H2,16,18,23). The maximum atomic E-state index is 12.3. The van der Waals surface area contributed by atoms with Crippen LogP contribution in [0.1, 0.15) is 6.92 Å². The number of carbonyl (C=O) groups excluding carboxylic acids is 2. The number of nitrogens with zero attached hydrogens (tertiary/aromatic N) is 3. The van der Waals surface area contributed by atoms with Crippen LogP contribution in [0, 0.1) is 0 Å². The van der Waals surface area contributed by atoms with E-state index in [1.807, 2.05) is 0 Å². The van der Waals surface area contributed by atoms with Crippen molar-refractivity contribution in [2.24, 2.45) is 0 Å². The van der Waals surface area contributed by atoms with Crippen LogP contribution in [0.25, 0.3) is 0 Å². The van der Waals surface area contributed by atoms with Crippen LogP contribution in [0.4, 0.5) is 5.82 Å². The Hall–Kier alpha value is -2.90. The summed E-state index contributed by atoms with van der Waals surface area (Å²) in [6.07, 6.45) is 2.55. The molecule has 0 aliphatic heterocycles. The number of amides is 1. The van der Waals surface area contributed by atoms with Crippen molar-refractivity contribution in [3.05, 3.63) is 47.7 Å². The Kier molecular flexibility index (Phi) is 6.72. The summed E-state index contributed by atoms with van der Waals surface area (Å²) < 4.78 is 1.14. The second-order valence-electron chi connectivity index (χ2n) is 4.96. The summed E-state index contributed by atoms with van der Waals surface area (Å²) in [7, 11) is 0. The highest BCUT2D eigenvalue weighted by atomic mass is 16.2. The molecule has 3 N–H and O–H groups in total. The van der Waals surface area contributed by atoms with Gasteiger partial charge in [0.25, 0.3) is 0 Å². The van der Waals surface area contributed by atoms with Gasteiger partial charge in [-0.3, -0.25) is 14.2 Å². The van der Waals surface area contributed by atoms with Crippen LogP contribution in [0.2, 0.25) is 0 Å². The predicted molar refractivity (Wildman–Crippen MR) is 87.5 cm³/mol. The van der Waals surface area contributed by atoms with Crippen molar-refractivity contribution in [1.82, 2.24) is 19.8 Å². The Bertz CT molecular complexity index is 665. The lowest BCUT2D eigenvalue weighted by molar-refractivity contribution is -0.134. The maximum absolute atomic E-state index is 12.3. The van der Waals surface area contributed by atoms with E-state index in [1.165, 1.54) is 17.2 Å². The summed E-state index contributed by atoms with van der Waals surface area (Å²) in [5.74, 6) is -0.572. The summed E-state index contributed by atoms with van der Waals surface area (Å²) >= 11 is 0. The van der Waals surface area contributed by atoms with E-state index in [-0.39, 0.29) is 30.6 Å². The van der Waals surface area contributed by atoms with Crippen LogP contribution < -0.4 is 16.7 Å². The number of aromatic nitrogens is 2. The molecule has 0 bridgehead atoms. The molecule has 0 aliphatic rings. The number of nitrogens with two attached hydrogens (primary N) is 1. The molecule has 0 saturated carbocycles. The van der Waals surface area contributed by atoms with Gasteiger partial charge in [0.05, 0.1) is 6.54 Å². The molecule has 1 rings (SSSR count). The minimum absolute atomic E-state index is 0.0862.